The van der Waals surface area contributed by atoms with Crippen molar-refractivity contribution in [3.63, 3.8) is 0 Å². The van der Waals surface area contributed by atoms with Crippen LogP contribution in [0.5, 0.6) is 0 Å². The summed E-state index contributed by atoms with van der Waals surface area (Å²) in [6, 6.07) is 13.5. The first-order chi connectivity index (χ1) is 11.4. The smallest absolute Gasteiger partial charge is 0.311 e. The molecule has 0 saturated carbocycles. The maximum atomic E-state index is 12.2. The topological polar surface area (TPSA) is 55.4 Å². The standard InChI is InChI=1S/C20H23NO3/c1-13-9-10-15(3)18(11-13)21-20(23)16(4)24-19(22)12-17-8-6-5-7-14(17)2/h5-11,16H,12H2,1-4H3,(H,21,23)/t16-/m0/s1. The van der Waals surface area contributed by atoms with Gasteiger partial charge in [-0.15, -0.1) is 0 Å². The molecule has 0 aromatic heterocycles. The van der Waals surface area contributed by atoms with E-state index in [0.29, 0.717) is 0 Å². The Balaban J connectivity index is 1.95. The summed E-state index contributed by atoms with van der Waals surface area (Å²) >= 11 is 0. The predicted octanol–water partition coefficient (Wildman–Crippen LogP) is 3.72. The van der Waals surface area contributed by atoms with Gasteiger partial charge in [0.25, 0.3) is 5.91 Å². The number of hydrogen-bond acceptors (Lipinski definition) is 3. The molecule has 0 radical (unpaired) electrons. The number of benzene rings is 2. The zero-order chi connectivity index (χ0) is 17.7. The number of amides is 1. The van der Waals surface area contributed by atoms with Crippen LogP contribution in [0.4, 0.5) is 5.69 Å². The van der Waals surface area contributed by atoms with Crippen LogP contribution in [0.2, 0.25) is 0 Å². The van der Waals surface area contributed by atoms with E-state index in [1.807, 2.05) is 63.2 Å². The Labute approximate surface area is 142 Å². The predicted molar refractivity (Wildman–Crippen MR) is 95.0 cm³/mol. The third kappa shape index (κ3) is 4.69. The van der Waals surface area contributed by atoms with Crippen molar-refractivity contribution in [1.82, 2.24) is 0 Å². The summed E-state index contributed by atoms with van der Waals surface area (Å²) < 4.78 is 5.26. The average molecular weight is 325 g/mol. The van der Waals surface area contributed by atoms with Crippen LogP contribution in [0.1, 0.15) is 29.2 Å². The fraction of sp³-hybridized carbons (Fsp3) is 0.300. The quantitative estimate of drug-likeness (QED) is 0.852. The SMILES string of the molecule is Cc1ccc(C)c(NC(=O)[C@H](C)OC(=O)Cc2ccccc2C)c1. The third-order valence-corrected chi connectivity index (χ3v) is 3.92. The van der Waals surface area contributed by atoms with Crippen LogP contribution in [0.25, 0.3) is 0 Å². The Morgan fingerprint density at radius 3 is 2.46 bits per heavy atom. The Kier molecular flexibility index (Phi) is 5.74. The number of carbonyl (C=O) groups excluding carboxylic acids is 2. The van der Waals surface area contributed by atoms with Gasteiger partial charge in [0.1, 0.15) is 0 Å². The molecular weight excluding hydrogens is 302 g/mol. The second-order valence-corrected chi connectivity index (χ2v) is 6.04. The summed E-state index contributed by atoms with van der Waals surface area (Å²) in [5.74, 6) is -0.741. The van der Waals surface area contributed by atoms with Crippen molar-refractivity contribution >= 4 is 17.6 Å². The van der Waals surface area contributed by atoms with E-state index in [9.17, 15) is 9.59 Å². The number of aryl methyl sites for hydroxylation is 3. The van der Waals surface area contributed by atoms with Crippen LogP contribution < -0.4 is 5.32 Å². The lowest BCUT2D eigenvalue weighted by molar-refractivity contribution is -0.152. The number of ether oxygens (including phenoxy) is 1. The summed E-state index contributed by atoms with van der Waals surface area (Å²) in [7, 11) is 0. The molecule has 1 N–H and O–H groups in total. The van der Waals surface area contributed by atoms with Crippen molar-refractivity contribution in [3.8, 4) is 0 Å². The minimum atomic E-state index is -0.846. The lowest BCUT2D eigenvalue weighted by atomic mass is 10.1. The van der Waals surface area contributed by atoms with Crippen molar-refractivity contribution < 1.29 is 14.3 Å². The van der Waals surface area contributed by atoms with E-state index in [1.54, 1.807) is 6.92 Å². The second-order valence-electron chi connectivity index (χ2n) is 6.04. The summed E-state index contributed by atoms with van der Waals surface area (Å²) in [5, 5.41) is 2.82. The van der Waals surface area contributed by atoms with Gasteiger partial charge in [0, 0.05) is 5.69 Å². The molecule has 0 heterocycles. The highest BCUT2D eigenvalue weighted by atomic mass is 16.5. The highest BCUT2D eigenvalue weighted by Gasteiger charge is 2.19. The molecule has 1 atom stereocenters. The van der Waals surface area contributed by atoms with Crippen molar-refractivity contribution in [2.75, 3.05) is 5.32 Å². The molecule has 2 aromatic carbocycles. The van der Waals surface area contributed by atoms with Gasteiger partial charge < -0.3 is 10.1 Å². The molecule has 0 aliphatic heterocycles. The van der Waals surface area contributed by atoms with E-state index in [4.69, 9.17) is 4.74 Å². The maximum Gasteiger partial charge on any atom is 0.311 e. The van der Waals surface area contributed by atoms with Gasteiger partial charge in [0.2, 0.25) is 0 Å². The molecule has 0 aliphatic rings. The van der Waals surface area contributed by atoms with Gasteiger partial charge in [0.15, 0.2) is 6.10 Å². The second kappa shape index (κ2) is 7.77. The van der Waals surface area contributed by atoms with Crippen molar-refractivity contribution in [1.29, 1.82) is 0 Å². The summed E-state index contributed by atoms with van der Waals surface area (Å²) in [5.41, 5.74) is 4.70. The Hall–Kier alpha value is -2.62. The lowest BCUT2D eigenvalue weighted by Crippen LogP contribution is -2.30. The van der Waals surface area contributed by atoms with Crippen LogP contribution in [0.15, 0.2) is 42.5 Å². The number of carbonyl (C=O) groups is 2. The van der Waals surface area contributed by atoms with Gasteiger partial charge in [-0.05, 0) is 56.0 Å². The van der Waals surface area contributed by atoms with Gasteiger partial charge in [-0.25, -0.2) is 0 Å². The molecule has 4 nitrogen and oxygen atoms in total. The van der Waals surface area contributed by atoms with Crippen LogP contribution in [0.3, 0.4) is 0 Å². The highest BCUT2D eigenvalue weighted by molar-refractivity contribution is 5.95. The summed E-state index contributed by atoms with van der Waals surface area (Å²) in [6.07, 6.45) is -0.685. The van der Waals surface area contributed by atoms with Gasteiger partial charge >= 0.3 is 5.97 Å². The average Bonchev–Trinajstić information content (AvgIpc) is 2.53. The summed E-state index contributed by atoms with van der Waals surface area (Å²) in [6.45, 7) is 7.40. The van der Waals surface area contributed by atoms with Gasteiger partial charge in [0.05, 0.1) is 6.42 Å². The highest BCUT2D eigenvalue weighted by Crippen LogP contribution is 2.17. The van der Waals surface area contributed by atoms with Gasteiger partial charge in [-0.2, -0.15) is 0 Å². The summed E-state index contributed by atoms with van der Waals surface area (Å²) in [4.78, 5) is 24.3. The molecule has 24 heavy (non-hydrogen) atoms. The maximum absolute atomic E-state index is 12.2. The molecule has 0 spiro atoms. The molecule has 0 saturated heterocycles. The largest absolute Gasteiger partial charge is 0.452 e. The molecule has 0 aliphatic carbocycles. The van der Waals surface area contributed by atoms with E-state index in [-0.39, 0.29) is 12.3 Å². The fourth-order valence-electron chi connectivity index (χ4n) is 2.36. The van der Waals surface area contributed by atoms with E-state index < -0.39 is 12.1 Å². The number of nitrogens with one attached hydrogen (secondary N) is 1. The van der Waals surface area contributed by atoms with E-state index in [1.165, 1.54) is 0 Å². The molecule has 0 unspecified atom stereocenters. The van der Waals surface area contributed by atoms with Crippen molar-refractivity contribution in [3.05, 3.63) is 64.7 Å². The molecule has 2 rings (SSSR count). The van der Waals surface area contributed by atoms with E-state index in [0.717, 1.165) is 27.9 Å². The number of hydrogen-bond donors (Lipinski definition) is 1. The van der Waals surface area contributed by atoms with Gasteiger partial charge in [-0.3, -0.25) is 9.59 Å². The zero-order valence-corrected chi connectivity index (χ0v) is 14.6. The first-order valence-corrected chi connectivity index (χ1v) is 7.99. The minimum absolute atomic E-state index is 0.160. The number of rotatable bonds is 5. The lowest BCUT2D eigenvalue weighted by Gasteiger charge is -2.15. The molecule has 2 aromatic rings. The molecule has 126 valence electrons. The normalized spacial score (nSPS) is 11.7. The van der Waals surface area contributed by atoms with E-state index in [2.05, 4.69) is 5.32 Å². The first-order valence-electron chi connectivity index (χ1n) is 7.99. The minimum Gasteiger partial charge on any atom is -0.452 e. The van der Waals surface area contributed by atoms with Crippen molar-refractivity contribution in [2.24, 2.45) is 0 Å². The molecule has 0 fully saturated rings. The first kappa shape index (κ1) is 17.7. The van der Waals surface area contributed by atoms with Crippen LogP contribution in [-0.4, -0.2) is 18.0 Å². The monoisotopic (exact) mass is 325 g/mol. The Morgan fingerprint density at radius 2 is 1.75 bits per heavy atom. The molecular formula is C20H23NO3. The molecule has 0 bridgehead atoms. The molecule has 1 amide bonds. The van der Waals surface area contributed by atoms with E-state index >= 15 is 0 Å². The van der Waals surface area contributed by atoms with Gasteiger partial charge in [-0.1, -0.05) is 36.4 Å². The van der Waals surface area contributed by atoms with Crippen molar-refractivity contribution in [2.45, 2.75) is 40.2 Å². The number of esters is 1. The fourth-order valence-corrected chi connectivity index (χ4v) is 2.36. The number of anilines is 1. The van der Waals surface area contributed by atoms with Crippen LogP contribution in [0, 0.1) is 20.8 Å². The molecule has 4 heteroatoms. The van der Waals surface area contributed by atoms with Crippen LogP contribution in [-0.2, 0) is 20.7 Å². The van der Waals surface area contributed by atoms with Crippen LogP contribution >= 0.6 is 0 Å². The zero-order valence-electron chi connectivity index (χ0n) is 14.6. The Bertz CT molecular complexity index is 752. The Morgan fingerprint density at radius 1 is 1.04 bits per heavy atom. The third-order valence-electron chi connectivity index (χ3n) is 3.92.